The zero-order valence-electron chi connectivity index (χ0n) is 5.14. The normalized spacial score (nSPS) is 8.50. The summed E-state index contributed by atoms with van der Waals surface area (Å²) in [5.74, 6) is -0.0522. The molecule has 0 aliphatic heterocycles. The van der Waals surface area contributed by atoms with E-state index < -0.39 is 0 Å². The minimum absolute atomic E-state index is 0. The van der Waals surface area contributed by atoms with Gasteiger partial charge in [0.1, 0.15) is 0 Å². The molecule has 0 aromatic carbocycles. The van der Waals surface area contributed by atoms with E-state index in [0.29, 0.717) is 10.3 Å². The fraction of sp³-hybridized carbons (Fsp3) is 0.200. The van der Waals surface area contributed by atoms with E-state index in [9.17, 15) is 0 Å². The Morgan fingerprint density at radius 1 is 1.70 bits per heavy atom. The molecule has 0 fully saturated rings. The Hall–Kier alpha value is -0.394. The van der Waals surface area contributed by atoms with E-state index in [2.05, 4.69) is 28.4 Å². The van der Waals surface area contributed by atoms with E-state index in [0.717, 1.165) is 0 Å². The fourth-order valence-corrected chi connectivity index (χ4v) is 0.640. The van der Waals surface area contributed by atoms with Crippen LogP contribution in [-0.4, -0.2) is 15.1 Å². The smallest absolute Gasteiger partial charge is 0.0701 e. The molecule has 0 bridgehead atoms. The molecule has 3 nitrogen and oxygen atoms in total. The van der Waals surface area contributed by atoms with E-state index in [1.165, 1.54) is 0 Å². The van der Waals surface area contributed by atoms with Crippen LogP contribution in [0.2, 0.25) is 0 Å². The quantitative estimate of drug-likeness (QED) is 0.484. The second-order valence-corrected chi connectivity index (χ2v) is 2.03. The predicted octanol–water partition coefficient (Wildman–Crippen LogP) is 0.951. The SMILES string of the molecule is Cc1[nH]c(=S)[c-]nc1O.[Co]. The summed E-state index contributed by atoms with van der Waals surface area (Å²) in [6, 6.07) is 0. The number of hydrogen-bond donors (Lipinski definition) is 2. The number of rotatable bonds is 0. The molecular formula is C5H5CoN2OS-. The van der Waals surface area contributed by atoms with Gasteiger partial charge in [-0.3, -0.25) is 0 Å². The zero-order valence-corrected chi connectivity index (χ0v) is 6.99. The molecule has 1 aromatic rings. The number of aromatic hydroxyl groups is 1. The van der Waals surface area contributed by atoms with Crippen LogP contribution in [0.4, 0.5) is 0 Å². The van der Waals surface area contributed by atoms with Crippen LogP contribution in [0.5, 0.6) is 5.88 Å². The molecule has 0 atom stereocenters. The summed E-state index contributed by atoms with van der Waals surface area (Å²) in [4.78, 5) is 6.16. The molecule has 0 aliphatic carbocycles. The van der Waals surface area contributed by atoms with Crippen LogP contribution in [0.25, 0.3) is 0 Å². The Bertz CT molecular complexity index is 273. The molecule has 10 heavy (non-hydrogen) atoms. The van der Waals surface area contributed by atoms with Gasteiger partial charge in [0.25, 0.3) is 0 Å². The van der Waals surface area contributed by atoms with E-state index >= 15 is 0 Å². The van der Waals surface area contributed by atoms with Gasteiger partial charge in [-0.25, -0.2) is 0 Å². The maximum atomic E-state index is 8.82. The minimum atomic E-state index is -0.0522. The van der Waals surface area contributed by atoms with Crippen molar-refractivity contribution in [3.8, 4) is 5.88 Å². The van der Waals surface area contributed by atoms with Gasteiger partial charge in [-0.15, -0.1) is 6.20 Å². The fourth-order valence-electron chi connectivity index (χ4n) is 0.442. The van der Waals surface area contributed by atoms with Crippen LogP contribution in [0.15, 0.2) is 0 Å². The molecule has 0 saturated carbocycles. The molecule has 1 rings (SSSR count). The van der Waals surface area contributed by atoms with Gasteiger partial charge >= 0.3 is 0 Å². The van der Waals surface area contributed by atoms with Crippen molar-refractivity contribution in [3.05, 3.63) is 16.5 Å². The molecule has 0 amide bonds. The van der Waals surface area contributed by atoms with Gasteiger partial charge in [-0.05, 0) is 12.6 Å². The molecular weight excluding hydrogens is 195 g/mol. The van der Waals surface area contributed by atoms with Crippen molar-refractivity contribution in [3.63, 3.8) is 0 Å². The number of aryl methyl sites for hydroxylation is 1. The van der Waals surface area contributed by atoms with Crippen molar-refractivity contribution in [2.75, 3.05) is 0 Å². The molecule has 1 heterocycles. The van der Waals surface area contributed by atoms with Gasteiger partial charge in [0, 0.05) is 21.4 Å². The van der Waals surface area contributed by atoms with Crippen molar-refractivity contribution in [2.45, 2.75) is 6.92 Å². The first-order valence-electron chi connectivity index (χ1n) is 2.37. The number of nitrogens with one attached hydrogen (secondary N) is 1. The van der Waals surface area contributed by atoms with Crippen molar-refractivity contribution in [1.82, 2.24) is 9.97 Å². The molecule has 0 aliphatic rings. The maximum Gasteiger partial charge on any atom is 0.0701 e. The van der Waals surface area contributed by atoms with Crippen LogP contribution in [0.3, 0.4) is 0 Å². The van der Waals surface area contributed by atoms with E-state index in [1.807, 2.05) is 0 Å². The third kappa shape index (κ3) is 2.09. The number of hydrogen-bond acceptors (Lipinski definition) is 3. The van der Waals surface area contributed by atoms with Crippen molar-refractivity contribution in [1.29, 1.82) is 0 Å². The Morgan fingerprint density at radius 2 is 2.30 bits per heavy atom. The molecule has 0 unspecified atom stereocenters. The standard InChI is InChI=1S/C5H5N2OS.Co/c1-3-5(8)6-2-4(9)7-3;/h1H3,(H,6,8)(H,7,9);/q-1;. The van der Waals surface area contributed by atoms with E-state index in [1.54, 1.807) is 6.92 Å². The molecule has 5 heteroatoms. The molecule has 2 N–H and O–H groups in total. The molecule has 0 spiro atoms. The third-order valence-electron chi connectivity index (χ3n) is 0.900. The summed E-state index contributed by atoms with van der Waals surface area (Å²) in [6.07, 6.45) is 2.40. The number of aromatic amines is 1. The summed E-state index contributed by atoms with van der Waals surface area (Å²) < 4.78 is 0.408. The predicted molar refractivity (Wildman–Crippen MR) is 34.7 cm³/mol. The average Bonchev–Trinajstić information content (AvgIpc) is 1.80. The Balaban J connectivity index is 0.000000810. The average molecular weight is 200 g/mol. The molecule has 0 saturated heterocycles. The van der Waals surface area contributed by atoms with Crippen LogP contribution in [0, 0.1) is 17.8 Å². The maximum absolute atomic E-state index is 8.82. The molecule has 1 aromatic heterocycles. The number of nitrogens with zero attached hydrogens (tertiary/aromatic N) is 1. The zero-order chi connectivity index (χ0) is 6.85. The van der Waals surface area contributed by atoms with E-state index in [-0.39, 0.29) is 22.7 Å². The Labute approximate surface area is 73.7 Å². The topological polar surface area (TPSA) is 48.9 Å². The van der Waals surface area contributed by atoms with Crippen LogP contribution in [-0.2, 0) is 16.8 Å². The van der Waals surface area contributed by atoms with E-state index in [4.69, 9.17) is 5.11 Å². The second kappa shape index (κ2) is 3.70. The van der Waals surface area contributed by atoms with Crippen LogP contribution < -0.4 is 0 Å². The first-order chi connectivity index (χ1) is 4.20. The van der Waals surface area contributed by atoms with Gasteiger partial charge in [-0.1, -0.05) is 12.2 Å². The van der Waals surface area contributed by atoms with Gasteiger partial charge in [0.05, 0.1) is 5.88 Å². The summed E-state index contributed by atoms with van der Waals surface area (Å²) in [5.41, 5.74) is 0.568. The summed E-state index contributed by atoms with van der Waals surface area (Å²) in [5, 5.41) is 8.82. The first-order valence-corrected chi connectivity index (χ1v) is 2.78. The number of aromatic nitrogens is 2. The first kappa shape index (κ1) is 9.61. The van der Waals surface area contributed by atoms with Gasteiger partial charge < -0.3 is 15.1 Å². The molecule has 57 valence electrons. The van der Waals surface area contributed by atoms with Crippen molar-refractivity contribution >= 4 is 12.2 Å². The number of H-pyrrole nitrogens is 1. The van der Waals surface area contributed by atoms with Crippen LogP contribution in [0.1, 0.15) is 5.69 Å². The van der Waals surface area contributed by atoms with Crippen molar-refractivity contribution in [2.24, 2.45) is 0 Å². The largest absolute Gasteiger partial charge is 0.575 e. The van der Waals surface area contributed by atoms with Crippen molar-refractivity contribution < 1.29 is 21.9 Å². The third-order valence-corrected chi connectivity index (χ3v) is 1.09. The monoisotopic (exact) mass is 200 g/mol. The Kier molecular flexibility index (Phi) is 3.55. The minimum Gasteiger partial charge on any atom is -0.575 e. The molecule has 1 radical (unpaired) electrons. The summed E-state index contributed by atoms with van der Waals surface area (Å²) >= 11 is 4.67. The van der Waals surface area contributed by atoms with Gasteiger partial charge in [-0.2, -0.15) is 0 Å². The Morgan fingerprint density at radius 3 is 2.70 bits per heavy atom. The summed E-state index contributed by atoms with van der Waals surface area (Å²) in [7, 11) is 0. The summed E-state index contributed by atoms with van der Waals surface area (Å²) in [6.45, 7) is 1.69. The second-order valence-electron chi connectivity index (χ2n) is 1.63. The van der Waals surface area contributed by atoms with Gasteiger partial charge in [0.15, 0.2) is 0 Å². The van der Waals surface area contributed by atoms with Gasteiger partial charge in [0.2, 0.25) is 0 Å². The van der Waals surface area contributed by atoms with Crippen LogP contribution >= 0.6 is 12.2 Å².